The number of halogens is 1. The van der Waals surface area contributed by atoms with E-state index in [9.17, 15) is 0 Å². The van der Waals surface area contributed by atoms with Crippen LogP contribution in [0.4, 0.5) is 0 Å². The molecule has 84 valence electrons. The van der Waals surface area contributed by atoms with Crippen LogP contribution < -0.4 is 0 Å². The second-order valence-corrected chi connectivity index (χ2v) is 5.09. The second kappa shape index (κ2) is 4.53. The first-order valence-corrected chi connectivity index (χ1v) is 6.78. The maximum absolute atomic E-state index is 4.33. The lowest BCUT2D eigenvalue weighted by Crippen LogP contribution is -1.92. The van der Waals surface area contributed by atoms with Crippen molar-refractivity contribution in [3.8, 4) is 16.3 Å². The first-order chi connectivity index (χ1) is 8.33. The molecule has 0 atom stereocenters. The van der Waals surface area contributed by atoms with E-state index >= 15 is 0 Å². The zero-order valence-corrected chi connectivity index (χ0v) is 11.6. The maximum atomic E-state index is 4.33. The van der Waals surface area contributed by atoms with Crippen molar-refractivity contribution < 1.29 is 0 Å². The Morgan fingerprint density at radius 2 is 2.00 bits per heavy atom. The van der Waals surface area contributed by atoms with Crippen molar-refractivity contribution >= 4 is 34.1 Å². The van der Waals surface area contributed by atoms with Gasteiger partial charge in [-0.3, -0.25) is 0 Å². The zero-order chi connectivity index (χ0) is 11.7. The lowest BCUT2D eigenvalue weighted by Gasteiger charge is -1.98. The molecular weight excluding hydrogens is 347 g/mol. The van der Waals surface area contributed by atoms with Gasteiger partial charge in [-0.15, -0.1) is 0 Å². The fraction of sp³-hybridized carbons (Fsp3) is 0. The summed E-state index contributed by atoms with van der Waals surface area (Å²) in [5.74, 6) is 0. The number of aromatic nitrogens is 4. The van der Waals surface area contributed by atoms with Crippen molar-refractivity contribution in [2.24, 2.45) is 0 Å². The summed E-state index contributed by atoms with van der Waals surface area (Å²) in [7, 11) is 0. The largest absolute Gasteiger partial charge is 0.240 e. The molecule has 3 rings (SSSR count). The van der Waals surface area contributed by atoms with E-state index in [0.29, 0.717) is 0 Å². The normalized spacial score (nSPS) is 10.6. The smallest absolute Gasteiger partial charge is 0.203 e. The van der Waals surface area contributed by atoms with Gasteiger partial charge in [-0.25, -0.2) is 9.67 Å². The topological polar surface area (TPSA) is 43.6 Å². The van der Waals surface area contributed by atoms with Crippen LogP contribution in [0.15, 0.2) is 42.7 Å². The van der Waals surface area contributed by atoms with Gasteiger partial charge in [-0.05, 0) is 23.7 Å². The minimum Gasteiger partial charge on any atom is -0.240 e. The highest BCUT2D eigenvalue weighted by atomic mass is 127. The molecule has 3 aromatic rings. The number of hydrogen-bond acceptors (Lipinski definition) is 4. The van der Waals surface area contributed by atoms with Crippen molar-refractivity contribution in [2.45, 2.75) is 0 Å². The fourth-order valence-corrected chi connectivity index (χ4v) is 2.72. The predicted molar refractivity (Wildman–Crippen MR) is 75.2 cm³/mol. The summed E-state index contributed by atoms with van der Waals surface area (Å²) >= 11 is 3.50. The van der Waals surface area contributed by atoms with Crippen molar-refractivity contribution in [1.82, 2.24) is 19.1 Å². The average Bonchev–Trinajstić information content (AvgIpc) is 2.98. The van der Waals surface area contributed by atoms with Crippen molar-refractivity contribution in [3.63, 3.8) is 0 Å². The average molecular weight is 354 g/mol. The number of nitrogens with zero attached hydrogens (tertiary/aromatic N) is 4. The molecule has 0 amide bonds. The molecule has 4 nitrogen and oxygen atoms in total. The van der Waals surface area contributed by atoms with Gasteiger partial charge >= 0.3 is 0 Å². The lowest BCUT2D eigenvalue weighted by molar-refractivity contribution is 0.881. The molecule has 2 heterocycles. The van der Waals surface area contributed by atoms with E-state index in [4.69, 9.17) is 0 Å². The van der Waals surface area contributed by atoms with Gasteiger partial charge < -0.3 is 0 Å². The maximum Gasteiger partial charge on any atom is 0.203 e. The van der Waals surface area contributed by atoms with Gasteiger partial charge in [0.2, 0.25) is 3.83 Å². The summed E-state index contributed by atoms with van der Waals surface area (Å²) in [6.07, 6.45) is 3.77. The molecule has 17 heavy (non-hydrogen) atoms. The van der Waals surface area contributed by atoms with E-state index in [0.717, 1.165) is 20.1 Å². The molecule has 0 unspecified atom stereocenters. The standard InChI is InChI=1S/C11H7IN4S/c12-11-14-10(17-15-11)8-6-13-16(7-8)9-4-2-1-3-5-9/h1-7H. The highest BCUT2D eigenvalue weighted by molar-refractivity contribution is 14.1. The van der Waals surface area contributed by atoms with Crippen molar-refractivity contribution in [3.05, 3.63) is 46.6 Å². The van der Waals surface area contributed by atoms with Gasteiger partial charge in [0.05, 0.1) is 17.4 Å². The van der Waals surface area contributed by atoms with Crippen LogP contribution >= 0.6 is 34.1 Å². The van der Waals surface area contributed by atoms with Gasteiger partial charge in [0.15, 0.2) is 0 Å². The molecule has 0 N–H and O–H groups in total. The molecule has 6 heteroatoms. The zero-order valence-electron chi connectivity index (χ0n) is 8.62. The molecule has 0 aliphatic heterocycles. The molecular formula is C11H7IN4S. The summed E-state index contributed by atoms with van der Waals surface area (Å²) in [5.41, 5.74) is 2.03. The Balaban J connectivity index is 1.99. The summed E-state index contributed by atoms with van der Waals surface area (Å²) in [6, 6.07) is 10.00. The number of benzene rings is 1. The third-order valence-corrected chi connectivity index (χ3v) is 3.83. The monoisotopic (exact) mass is 354 g/mol. The first kappa shape index (κ1) is 10.8. The van der Waals surface area contributed by atoms with Gasteiger partial charge in [0.25, 0.3) is 0 Å². The molecule has 2 aromatic heterocycles. The van der Waals surface area contributed by atoms with Crippen LogP contribution in [0.3, 0.4) is 0 Å². The van der Waals surface area contributed by atoms with E-state index in [1.807, 2.05) is 47.4 Å². The van der Waals surface area contributed by atoms with Crippen LogP contribution in [0.25, 0.3) is 16.3 Å². The van der Waals surface area contributed by atoms with Crippen LogP contribution in [0, 0.1) is 3.83 Å². The molecule has 1 aromatic carbocycles. The Hall–Kier alpha value is -1.28. The quantitative estimate of drug-likeness (QED) is 0.665. The molecule has 0 saturated heterocycles. The van der Waals surface area contributed by atoms with E-state index in [2.05, 4.69) is 37.0 Å². The van der Waals surface area contributed by atoms with Gasteiger partial charge in [0.1, 0.15) is 5.01 Å². The fourth-order valence-electron chi connectivity index (χ4n) is 1.48. The van der Waals surface area contributed by atoms with Crippen LogP contribution in [-0.2, 0) is 0 Å². The minimum atomic E-state index is 0.773. The van der Waals surface area contributed by atoms with E-state index in [1.54, 1.807) is 0 Å². The van der Waals surface area contributed by atoms with E-state index in [1.165, 1.54) is 11.5 Å². The van der Waals surface area contributed by atoms with Gasteiger partial charge in [0, 0.05) is 28.8 Å². The number of hydrogen-bond donors (Lipinski definition) is 0. The highest BCUT2D eigenvalue weighted by Crippen LogP contribution is 2.22. The third kappa shape index (κ3) is 2.22. The highest BCUT2D eigenvalue weighted by Gasteiger charge is 2.07. The Morgan fingerprint density at radius 1 is 1.18 bits per heavy atom. The minimum absolute atomic E-state index is 0.773. The van der Waals surface area contributed by atoms with Gasteiger partial charge in [-0.1, -0.05) is 18.2 Å². The molecule has 0 aliphatic rings. The van der Waals surface area contributed by atoms with Crippen LogP contribution in [0.1, 0.15) is 0 Å². The Morgan fingerprint density at radius 3 is 2.71 bits per heavy atom. The van der Waals surface area contributed by atoms with Crippen LogP contribution in [0.5, 0.6) is 0 Å². The molecule has 0 fully saturated rings. The molecule has 0 spiro atoms. The van der Waals surface area contributed by atoms with Gasteiger partial charge in [-0.2, -0.15) is 9.47 Å². The summed E-state index contributed by atoms with van der Waals surface area (Å²) in [6.45, 7) is 0. The first-order valence-electron chi connectivity index (χ1n) is 4.92. The third-order valence-electron chi connectivity index (χ3n) is 2.25. The number of rotatable bonds is 2. The number of para-hydroxylation sites is 1. The molecule has 0 aliphatic carbocycles. The summed E-state index contributed by atoms with van der Waals surface area (Å²) < 4.78 is 6.77. The Labute approximate surface area is 116 Å². The summed E-state index contributed by atoms with van der Waals surface area (Å²) in [5, 5.41) is 5.22. The predicted octanol–water partition coefficient (Wildman–Crippen LogP) is 3.00. The Bertz CT molecular complexity index is 632. The SMILES string of the molecule is Ic1nsc(-c2cnn(-c3ccccc3)c2)n1. The molecule has 0 saturated carbocycles. The Kier molecular flexibility index (Phi) is 2.89. The second-order valence-electron chi connectivity index (χ2n) is 3.38. The molecule has 0 radical (unpaired) electrons. The lowest BCUT2D eigenvalue weighted by atomic mass is 10.3. The van der Waals surface area contributed by atoms with Crippen molar-refractivity contribution in [1.29, 1.82) is 0 Å². The van der Waals surface area contributed by atoms with Crippen LogP contribution in [-0.4, -0.2) is 19.1 Å². The molecule has 0 bridgehead atoms. The van der Waals surface area contributed by atoms with Crippen molar-refractivity contribution in [2.75, 3.05) is 0 Å². The van der Waals surface area contributed by atoms with Crippen LogP contribution in [0.2, 0.25) is 0 Å². The van der Waals surface area contributed by atoms with E-state index < -0.39 is 0 Å². The van der Waals surface area contributed by atoms with E-state index in [-0.39, 0.29) is 0 Å². The summed E-state index contributed by atoms with van der Waals surface area (Å²) in [4.78, 5) is 4.33.